The van der Waals surface area contributed by atoms with E-state index in [1.54, 1.807) is 26.4 Å². The lowest BCUT2D eigenvalue weighted by molar-refractivity contribution is 0.101. The molecule has 1 aliphatic rings. The molecule has 0 radical (unpaired) electrons. The van der Waals surface area contributed by atoms with Gasteiger partial charge in [-0.25, -0.2) is 0 Å². The zero-order chi connectivity index (χ0) is 19.6. The molecule has 0 saturated carbocycles. The van der Waals surface area contributed by atoms with Gasteiger partial charge < -0.3 is 29.5 Å². The highest BCUT2D eigenvalue weighted by atomic mass is 16.5. The molecule has 2 aromatic rings. The van der Waals surface area contributed by atoms with Crippen LogP contribution >= 0.6 is 0 Å². The van der Waals surface area contributed by atoms with Gasteiger partial charge in [0.2, 0.25) is 0 Å². The molecule has 0 saturated heterocycles. The van der Waals surface area contributed by atoms with Crippen molar-refractivity contribution in [1.82, 2.24) is 0 Å². The monoisotopic (exact) mass is 374 g/mol. The number of phenols is 1. The van der Waals surface area contributed by atoms with Crippen LogP contribution < -0.4 is 14.2 Å². The van der Waals surface area contributed by atoms with Crippen LogP contribution in [-0.4, -0.2) is 49.9 Å². The van der Waals surface area contributed by atoms with Gasteiger partial charge in [-0.05, 0) is 59.2 Å². The summed E-state index contributed by atoms with van der Waals surface area (Å²) in [5, 5.41) is 30.0. The molecule has 27 heavy (non-hydrogen) atoms. The summed E-state index contributed by atoms with van der Waals surface area (Å²) in [5.41, 5.74) is 2.97. The second kappa shape index (κ2) is 8.06. The van der Waals surface area contributed by atoms with Gasteiger partial charge in [0.05, 0.1) is 21.3 Å². The number of fused-ring (bicyclic) bond motifs is 1. The SMILES string of the molecule is COc1cc(C2c3cc(OC)c(OC)cc3C[C@H](CO)[C@H]2CO)ccc1O. The van der Waals surface area contributed by atoms with Crippen LogP contribution in [0.25, 0.3) is 0 Å². The number of aromatic hydroxyl groups is 1. The molecular weight excluding hydrogens is 348 g/mol. The number of phenolic OH excluding ortho intramolecular Hbond substituents is 1. The lowest BCUT2D eigenvalue weighted by Crippen LogP contribution is -2.35. The fourth-order valence-electron chi connectivity index (χ4n) is 4.11. The van der Waals surface area contributed by atoms with E-state index in [1.165, 1.54) is 7.11 Å². The maximum atomic E-state index is 10.1. The van der Waals surface area contributed by atoms with Gasteiger partial charge in [0, 0.05) is 19.1 Å². The van der Waals surface area contributed by atoms with Crippen molar-refractivity contribution in [3.8, 4) is 23.0 Å². The Labute approximate surface area is 158 Å². The number of ether oxygens (including phenoxy) is 3. The van der Waals surface area contributed by atoms with Gasteiger partial charge in [0.15, 0.2) is 23.0 Å². The number of benzene rings is 2. The van der Waals surface area contributed by atoms with E-state index in [0.717, 1.165) is 16.7 Å². The predicted molar refractivity (Wildman–Crippen MR) is 101 cm³/mol. The van der Waals surface area contributed by atoms with Crippen LogP contribution in [-0.2, 0) is 6.42 Å². The zero-order valence-electron chi connectivity index (χ0n) is 15.8. The summed E-state index contributed by atoms with van der Waals surface area (Å²) >= 11 is 0. The maximum Gasteiger partial charge on any atom is 0.161 e. The first-order chi connectivity index (χ1) is 13.1. The third-order valence-corrected chi connectivity index (χ3v) is 5.50. The van der Waals surface area contributed by atoms with E-state index in [1.807, 2.05) is 18.2 Å². The minimum absolute atomic E-state index is 0.0231. The molecule has 3 N–H and O–H groups in total. The van der Waals surface area contributed by atoms with Crippen molar-refractivity contribution in [3.05, 3.63) is 47.0 Å². The Morgan fingerprint density at radius 3 is 2.15 bits per heavy atom. The lowest BCUT2D eigenvalue weighted by Gasteiger charge is -2.39. The molecule has 3 atom stereocenters. The van der Waals surface area contributed by atoms with Crippen molar-refractivity contribution < 1.29 is 29.5 Å². The first-order valence-electron chi connectivity index (χ1n) is 8.91. The standard InChI is InChI=1S/C21H26O6/c1-25-18-7-12(4-5-17(18)24)21-15-9-20(27-3)19(26-2)8-13(15)6-14(10-22)16(21)11-23/h4-5,7-9,14,16,21-24H,6,10-11H2,1-3H3/t14-,16-,21?/m1/s1. The summed E-state index contributed by atoms with van der Waals surface area (Å²) < 4.78 is 16.2. The van der Waals surface area contributed by atoms with E-state index in [9.17, 15) is 15.3 Å². The van der Waals surface area contributed by atoms with Crippen LogP contribution in [0, 0.1) is 11.8 Å². The quantitative estimate of drug-likeness (QED) is 0.719. The average molecular weight is 374 g/mol. The van der Waals surface area contributed by atoms with E-state index in [0.29, 0.717) is 23.7 Å². The third kappa shape index (κ3) is 3.42. The maximum absolute atomic E-state index is 10.1. The van der Waals surface area contributed by atoms with E-state index in [4.69, 9.17) is 14.2 Å². The Bertz CT molecular complexity index is 803. The van der Waals surface area contributed by atoms with Crippen LogP contribution in [0.1, 0.15) is 22.6 Å². The number of hydrogen-bond acceptors (Lipinski definition) is 6. The minimum Gasteiger partial charge on any atom is -0.504 e. The molecule has 0 spiro atoms. The molecule has 1 unspecified atom stereocenters. The Morgan fingerprint density at radius 1 is 0.889 bits per heavy atom. The minimum atomic E-state index is -0.176. The number of aliphatic hydroxyl groups excluding tert-OH is 2. The normalized spacial score (nSPS) is 21.4. The lowest BCUT2D eigenvalue weighted by atomic mass is 9.67. The van der Waals surface area contributed by atoms with E-state index in [-0.39, 0.29) is 36.7 Å². The van der Waals surface area contributed by atoms with Gasteiger partial charge >= 0.3 is 0 Å². The fraction of sp³-hybridized carbons (Fsp3) is 0.429. The summed E-state index contributed by atoms with van der Waals surface area (Å²) in [6.07, 6.45) is 0.642. The van der Waals surface area contributed by atoms with Crippen LogP contribution in [0.3, 0.4) is 0 Å². The molecule has 0 bridgehead atoms. The van der Waals surface area contributed by atoms with E-state index in [2.05, 4.69) is 0 Å². The molecule has 0 amide bonds. The molecule has 2 aromatic carbocycles. The van der Waals surface area contributed by atoms with E-state index < -0.39 is 0 Å². The Kier molecular flexibility index (Phi) is 5.77. The van der Waals surface area contributed by atoms with Crippen LogP contribution in [0.15, 0.2) is 30.3 Å². The first kappa shape index (κ1) is 19.3. The number of aliphatic hydroxyl groups is 2. The Hall–Kier alpha value is -2.44. The van der Waals surface area contributed by atoms with Gasteiger partial charge in [0.25, 0.3) is 0 Å². The molecule has 0 aromatic heterocycles. The molecular formula is C21H26O6. The van der Waals surface area contributed by atoms with Crippen molar-refractivity contribution in [2.45, 2.75) is 12.3 Å². The summed E-state index contributed by atoms with van der Waals surface area (Å²) in [4.78, 5) is 0. The topological polar surface area (TPSA) is 88.4 Å². The smallest absolute Gasteiger partial charge is 0.161 e. The first-order valence-corrected chi connectivity index (χ1v) is 8.91. The highest BCUT2D eigenvalue weighted by Gasteiger charge is 2.38. The number of hydrogen-bond donors (Lipinski definition) is 3. The average Bonchev–Trinajstić information content (AvgIpc) is 2.71. The summed E-state index contributed by atoms with van der Waals surface area (Å²) in [6, 6.07) is 9.07. The van der Waals surface area contributed by atoms with E-state index >= 15 is 0 Å². The molecule has 1 aliphatic carbocycles. The van der Waals surface area contributed by atoms with Crippen molar-refractivity contribution in [3.63, 3.8) is 0 Å². The van der Waals surface area contributed by atoms with Crippen LogP contribution in [0.4, 0.5) is 0 Å². The largest absolute Gasteiger partial charge is 0.504 e. The summed E-state index contributed by atoms with van der Waals surface area (Å²) in [5.74, 6) is 1.25. The number of rotatable bonds is 6. The second-order valence-corrected chi connectivity index (χ2v) is 6.81. The van der Waals surface area contributed by atoms with Crippen LogP contribution in [0.5, 0.6) is 23.0 Å². The molecule has 0 heterocycles. The van der Waals surface area contributed by atoms with Gasteiger partial charge in [-0.15, -0.1) is 0 Å². The van der Waals surface area contributed by atoms with Crippen molar-refractivity contribution >= 4 is 0 Å². The molecule has 6 heteroatoms. The van der Waals surface area contributed by atoms with Crippen molar-refractivity contribution in [2.24, 2.45) is 11.8 Å². The Balaban J connectivity index is 2.20. The fourth-order valence-corrected chi connectivity index (χ4v) is 4.11. The van der Waals surface area contributed by atoms with Gasteiger partial charge in [-0.1, -0.05) is 6.07 Å². The van der Waals surface area contributed by atoms with Gasteiger partial charge in [0.1, 0.15) is 0 Å². The molecule has 0 aliphatic heterocycles. The molecule has 6 nitrogen and oxygen atoms in total. The Morgan fingerprint density at radius 2 is 1.56 bits per heavy atom. The zero-order valence-corrected chi connectivity index (χ0v) is 15.8. The predicted octanol–water partition coefficient (Wildman–Crippen LogP) is 2.32. The molecule has 0 fully saturated rings. The highest BCUT2D eigenvalue weighted by Crippen LogP contribution is 2.47. The van der Waals surface area contributed by atoms with Gasteiger partial charge in [-0.3, -0.25) is 0 Å². The summed E-state index contributed by atoms with van der Waals surface area (Å²) in [6.45, 7) is -0.0857. The van der Waals surface area contributed by atoms with Crippen LogP contribution in [0.2, 0.25) is 0 Å². The van der Waals surface area contributed by atoms with Crippen molar-refractivity contribution in [2.75, 3.05) is 34.5 Å². The second-order valence-electron chi connectivity index (χ2n) is 6.81. The summed E-state index contributed by atoms with van der Waals surface area (Å²) in [7, 11) is 4.68. The van der Waals surface area contributed by atoms with Crippen molar-refractivity contribution in [1.29, 1.82) is 0 Å². The van der Waals surface area contributed by atoms with Gasteiger partial charge in [-0.2, -0.15) is 0 Å². The number of methoxy groups -OCH3 is 3. The highest BCUT2D eigenvalue weighted by molar-refractivity contribution is 5.54. The molecule has 146 valence electrons. The third-order valence-electron chi connectivity index (χ3n) is 5.50. The molecule has 3 rings (SSSR count).